The summed E-state index contributed by atoms with van der Waals surface area (Å²) in [5.41, 5.74) is 0.800. The van der Waals surface area contributed by atoms with Crippen LogP contribution in [0.1, 0.15) is 45.1 Å². The molecule has 9 heteroatoms. The number of esters is 1. The van der Waals surface area contributed by atoms with E-state index in [0.717, 1.165) is 10.5 Å². The number of ether oxygens (including phenoxy) is 2. The van der Waals surface area contributed by atoms with Crippen molar-refractivity contribution in [3.8, 4) is 0 Å². The van der Waals surface area contributed by atoms with Crippen molar-refractivity contribution >= 4 is 24.0 Å². The van der Waals surface area contributed by atoms with Crippen molar-refractivity contribution in [1.29, 1.82) is 5.41 Å². The highest BCUT2D eigenvalue weighted by molar-refractivity contribution is 5.94. The highest BCUT2D eigenvalue weighted by Crippen LogP contribution is 2.21. The van der Waals surface area contributed by atoms with Crippen LogP contribution in [-0.2, 0) is 19.1 Å². The summed E-state index contributed by atoms with van der Waals surface area (Å²) in [4.78, 5) is 36.5. The van der Waals surface area contributed by atoms with Gasteiger partial charge in [0, 0.05) is 14.0 Å². The molecule has 0 saturated carbocycles. The fourth-order valence-corrected chi connectivity index (χ4v) is 2.63. The second kappa shape index (κ2) is 10.9. The molecule has 1 rings (SSSR count). The van der Waals surface area contributed by atoms with Crippen molar-refractivity contribution in [2.45, 2.75) is 51.9 Å². The van der Waals surface area contributed by atoms with Gasteiger partial charge in [0.25, 0.3) is 0 Å². The monoisotopic (exact) mass is 393 g/mol. The predicted octanol–water partition coefficient (Wildman–Crippen LogP) is 2.53. The summed E-state index contributed by atoms with van der Waals surface area (Å²) in [5.74, 6) is -2.56. The molecule has 1 aromatic carbocycles. The van der Waals surface area contributed by atoms with Crippen LogP contribution in [-0.4, -0.2) is 53.4 Å². The van der Waals surface area contributed by atoms with E-state index in [4.69, 9.17) is 20.0 Å². The van der Waals surface area contributed by atoms with E-state index in [-0.39, 0.29) is 6.42 Å². The van der Waals surface area contributed by atoms with Crippen molar-refractivity contribution in [3.05, 3.63) is 35.9 Å². The number of alkyl carbamates (subject to hydrolysis) is 1. The lowest BCUT2D eigenvalue weighted by molar-refractivity contribution is -0.166. The third-order valence-electron chi connectivity index (χ3n) is 4.16. The van der Waals surface area contributed by atoms with E-state index in [0.29, 0.717) is 6.42 Å². The van der Waals surface area contributed by atoms with Gasteiger partial charge in [0.1, 0.15) is 6.04 Å². The number of hydrogen-bond acceptors (Lipinski definition) is 6. The van der Waals surface area contributed by atoms with Gasteiger partial charge < -0.3 is 19.5 Å². The Labute approximate surface area is 164 Å². The molecular weight excluding hydrogens is 366 g/mol. The first kappa shape index (κ1) is 22.9. The molecule has 3 unspecified atom stereocenters. The smallest absolute Gasteiger partial charge is 0.417 e. The summed E-state index contributed by atoms with van der Waals surface area (Å²) in [5, 5.41) is 19.0. The second-order valence-electron chi connectivity index (χ2n) is 6.13. The van der Waals surface area contributed by atoms with Crippen molar-refractivity contribution < 1.29 is 29.0 Å². The van der Waals surface area contributed by atoms with Crippen molar-refractivity contribution in [2.24, 2.45) is 0 Å². The summed E-state index contributed by atoms with van der Waals surface area (Å²) in [7, 11) is 1.38. The molecule has 9 nitrogen and oxygen atoms in total. The molecule has 0 bridgehead atoms. The highest BCUT2D eigenvalue weighted by Gasteiger charge is 2.26. The Morgan fingerprint density at radius 2 is 1.75 bits per heavy atom. The number of nitrogens with zero attached hydrogens (tertiary/aromatic N) is 1. The number of likely N-dealkylation sites (N-methyl/N-ethyl adjacent to an activating group) is 1. The molecule has 0 aliphatic heterocycles. The van der Waals surface area contributed by atoms with Gasteiger partial charge in [0.15, 0.2) is 0 Å². The first-order chi connectivity index (χ1) is 13.2. The minimum absolute atomic E-state index is 0.247. The quantitative estimate of drug-likeness (QED) is 0.268. The van der Waals surface area contributed by atoms with Crippen LogP contribution in [0, 0.1) is 5.41 Å². The fourth-order valence-electron chi connectivity index (χ4n) is 2.63. The lowest BCUT2D eigenvalue weighted by Gasteiger charge is -2.26. The van der Waals surface area contributed by atoms with Crippen molar-refractivity contribution in [2.75, 3.05) is 7.05 Å². The Kier molecular flexibility index (Phi) is 8.94. The minimum Gasteiger partial charge on any atom is -0.480 e. The number of carboxylic acid groups (broad SMARTS) is 1. The molecule has 1 amide bonds. The summed E-state index contributed by atoms with van der Waals surface area (Å²) in [6.45, 7) is 4.88. The topological polar surface area (TPSA) is 129 Å². The minimum atomic E-state index is -1.18. The van der Waals surface area contributed by atoms with Crippen LogP contribution in [0.15, 0.2) is 30.3 Å². The van der Waals surface area contributed by atoms with Crippen LogP contribution in [0.3, 0.4) is 0 Å². The van der Waals surface area contributed by atoms with E-state index in [1.807, 2.05) is 37.3 Å². The summed E-state index contributed by atoms with van der Waals surface area (Å²) < 4.78 is 10.1. The largest absolute Gasteiger partial charge is 0.480 e. The maximum absolute atomic E-state index is 12.4. The van der Waals surface area contributed by atoms with Gasteiger partial charge in [-0.05, 0) is 18.4 Å². The second-order valence-corrected chi connectivity index (χ2v) is 6.13. The molecule has 154 valence electrons. The van der Waals surface area contributed by atoms with Gasteiger partial charge in [-0.3, -0.25) is 15.5 Å². The summed E-state index contributed by atoms with van der Waals surface area (Å²) in [6.07, 6.45) is -1.43. The van der Waals surface area contributed by atoms with Crippen LogP contribution in [0.5, 0.6) is 0 Å². The van der Waals surface area contributed by atoms with E-state index in [2.05, 4.69) is 5.32 Å². The Morgan fingerprint density at radius 1 is 1.14 bits per heavy atom. The maximum atomic E-state index is 12.4. The first-order valence-corrected chi connectivity index (χ1v) is 8.98. The van der Waals surface area contributed by atoms with Gasteiger partial charge in [-0.15, -0.1) is 0 Å². The average molecular weight is 393 g/mol. The van der Waals surface area contributed by atoms with Gasteiger partial charge in [-0.1, -0.05) is 44.2 Å². The number of guanidine groups is 1. The number of aliphatic carboxylic acids is 1. The molecule has 0 fully saturated rings. The van der Waals surface area contributed by atoms with Crippen LogP contribution >= 0.6 is 0 Å². The molecule has 0 spiro atoms. The molecule has 0 aromatic heterocycles. The SMILES string of the molecule is CCC(C(=O)OC(C)OC(=O)NC(=N)N(C)C(CC)C(=O)O)c1ccccc1. The van der Waals surface area contributed by atoms with Crippen LogP contribution < -0.4 is 5.32 Å². The van der Waals surface area contributed by atoms with Crippen LogP contribution in [0.2, 0.25) is 0 Å². The molecule has 0 saturated heterocycles. The summed E-state index contributed by atoms with van der Waals surface area (Å²) in [6, 6.07) is 8.16. The molecule has 1 aromatic rings. The number of nitrogens with one attached hydrogen (secondary N) is 2. The van der Waals surface area contributed by atoms with E-state index in [9.17, 15) is 14.4 Å². The number of benzene rings is 1. The third kappa shape index (κ3) is 6.57. The number of carbonyl (C=O) groups excluding carboxylic acids is 2. The molecule has 0 aliphatic carbocycles. The number of carbonyl (C=O) groups is 3. The zero-order valence-electron chi connectivity index (χ0n) is 16.5. The fraction of sp³-hybridized carbons (Fsp3) is 0.474. The number of rotatable bonds is 8. The van der Waals surface area contributed by atoms with Gasteiger partial charge in [0.2, 0.25) is 12.2 Å². The third-order valence-corrected chi connectivity index (χ3v) is 4.16. The van der Waals surface area contributed by atoms with E-state index in [1.165, 1.54) is 14.0 Å². The zero-order chi connectivity index (χ0) is 21.3. The normalized spacial score (nSPS) is 13.6. The average Bonchev–Trinajstić information content (AvgIpc) is 2.62. The lowest BCUT2D eigenvalue weighted by atomic mass is 9.97. The molecule has 0 aliphatic rings. The molecule has 0 radical (unpaired) electrons. The Bertz CT molecular complexity index is 694. The number of amides is 1. The van der Waals surface area contributed by atoms with Crippen molar-refractivity contribution in [3.63, 3.8) is 0 Å². The van der Waals surface area contributed by atoms with E-state index >= 15 is 0 Å². The Hall–Kier alpha value is -3.10. The zero-order valence-corrected chi connectivity index (χ0v) is 16.5. The molecule has 0 heterocycles. The maximum Gasteiger partial charge on any atom is 0.417 e. The Balaban J connectivity index is 2.58. The number of carboxylic acids is 1. The highest BCUT2D eigenvalue weighted by atomic mass is 16.7. The summed E-state index contributed by atoms with van der Waals surface area (Å²) >= 11 is 0. The first-order valence-electron chi connectivity index (χ1n) is 8.98. The lowest BCUT2D eigenvalue weighted by Crippen LogP contribution is -2.49. The Morgan fingerprint density at radius 3 is 2.25 bits per heavy atom. The molecule has 3 atom stereocenters. The number of hydrogen-bond donors (Lipinski definition) is 3. The molecule has 3 N–H and O–H groups in total. The van der Waals surface area contributed by atoms with Gasteiger partial charge >= 0.3 is 18.0 Å². The van der Waals surface area contributed by atoms with Gasteiger partial charge in [-0.2, -0.15) is 0 Å². The molecule has 28 heavy (non-hydrogen) atoms. The van der Waals surface area contributed by atoms with Crippen LogP contribution in [0.25, 0.3) is 0 Å². The van der Waals surface area contributed by atoms with E-state index < -0.39 is 42.2 Å². The predicted molar refractivity (Wildman–Crippen MR) is 102 cm³/mol. The van der Waals surface area contributed by atoms with Crippen LogP contribution in [0.4, 0.5) is 4.79 Å². The standard InChI is InChI=1S/C19H27N3O6/c1-5-14(13-10-8-7-9-11-13)17(25)27-12(3)28-19(26)21-18(20)22(4)15(6-2)16(23)24/h7-12,14-15H,5-6H2,1-4H3,(H,23,24)(H2,20,21,26). The molecular formula is C19H27N3O6. The van der Waals surface area contributed by atoms with Gasteiger partial charge in [-0.25, -0.2) is 9.59 Å². The van der Waals surface area contributed by atoms with Gasteiger partial charge in [0.05, 0.1) is 5.92 Å². The van der Waals surface area contributed by atoms with E-state index in [1.54, 1.807) is 6.92 Å². The van der Waals surface area contributed by atoms with Crippen molar-refractivity contribution in [1.82, 2.24) is 10.2 Å².